The Morgan fingerprint density at radius 2 is 1.80 bits per heavy atom. The van der Waals surface area contributed by atoms with Gasteiger partial charge in [0, 0.05) is 27.9 Å². The largest absolute Gasteiger partial charge is 0.378 e. The third kappa shape index (κ3) is 4.63. The molecule has 1 aliphatic carbocycles. The number of para-hydroxylation sites is 1. The molecule has 3 N–H and O–H groups in total. The van der Waals surface area contributed by atoms with E-state index in [0.717, 1.165) is 16.8 Å². The smallest absolute Gasteiger partial charge is 0.282 e. The molecule has 1 saturated carbocycles. The number of rotatable bonds is 5. The molecular formula is C24H21Cl2N3O4S2. The van der Waals surface area contributed by atoms with E-state index >= 15 is 0 Å². The number of nitrogens with zero attached hydrogens (tertiary/aromatic N) is 1. The van der Waals surface area contributed by atoms with Gasteiger partial charge in [-0.1, -0.05) is 35.9 Å². The maximum atomic E-state index is 12.1. The van der Waals surface area contributed by atoms with Gasteiger partial charge in [0.15, 0.2) is 0 Å². The quantitative estimate of drug-likeness (QED) is 0.231. The Kier molecular flexibility index (Phi) is 6.48. The number of nitro groups is 1. The van der Waals surface area contributed by atoms with E-state index in [2.05, 4.69) is 5.32 Å². The molecule has 2 aliphatic rings. The molecule has 0 spiro atoms. The summed E-state index contributed by atoms with van der Waals surface area (Å²) in [6.07, 6.45) is 0.675. The molecule has 0 amide bonds. The molecule has 0 aromatic heterocycles. The van der Waals surface area contributed by atoms with Gasteiger partial charge >= 0.3 is 0 Å². The molecular weight excluding hydrogens is 529 g/mol. The Labute approximate surface area is 217 Å². The zero-order valence-electron chi connectivity index (χ0n) is 18.2. The maximum absolute atomic E-state index is 12.1. The number of hydrogen-bond acceptors (Lipinski definition) is 6. The van der Waals surface area contributed by atoms with Gasteiger partial charge in [-0.25, -0.2) is 13.6 Å². The first kappa shape index (κ1) is 24.4. The number of nitro benzene ring substituents is 1. The Morgan fingerprint density at radius 3 is 2.49 bits per heavy atom. The Hall–Kier alpha value is -2.30. The molecule has 3 aromatic carbocycles. The molecule has 182 valence electrons. The Bertz CT molecular complexity index is 1400. The van der Waals surface area contributed by atoms with Crippen LogP contribution in [0.25, 0.3) is 0 Å². The van der Waals surface area contributed by atoms with E-state index in [1.807, 2.05) is 24.3 Å². The second-order valence-electron chi connectivity index (χ2n) is 8.72. The van der Waals surface area contributed by atoms with Gasteiger partial charge in [-0.05, 0) is 59.9 Å². The number of halogens is 2. The number of primary sulfonamides is 1. The molecule has 1 fully saturated rings. The SMILES string of the molecule is NS(=O)(=O)c1ccc2c(c1)[C@@H]1[C@H](Cl)[C@H](Sc3ccccc3[N+](=O)[O-])C[C@H]1[C@H](c1ccc(Cl)cc1)N2. The Balaban J connectivity index is 1.57. The summed E-state index contributed by atoms with van der Waals surface area (Å²) in [6, 6.07) is 18.9. The van der Waals surface area contributed by atoms with E-state index < -0.39 is 15.4 Å². The molecule has 0 unspecified atom stereocenters. The van der Waals surface area contributed by atoms with Gasteiger partial charge in [-0.15, -0.1) is 23.4 Å². The van der Waals surface area contributed by atoms with Crippen LogP contribution in [0.5, 0.6) is 0 Å². The minimum atomic E-state index is -3.90. The van der Waals surface area contributed by atoms with Crippen molar-refractivity contribution in [3.05, 3.63) is 93.0 Å². The van der Waals surface area contributed by atoms with E-state index in [-0.39, 0.29) is 38.6 Å². The fraction of sp³-hybridized carbons (Fsp3) is 0.250. The van der Waals surface area contributed by atoms with Crippen LogP contribution in [-0.4, -0.2) is 24.0 Å². The van der Waals surface area contributed by atoms with Crippen LogP contribution >= 0.6 is 35.0 Å². The van der Waals surface area contributed by atoms with Crippen LogP contribution in [-0.2, 0) is 10.0 Å². The van der Waals surface area contributed by atoms with Gasteiger partial charge in [0.1, 0.15) is 0 Å². The summed E-state index contributed by atoms with van der Waals surface area (Å²) in [4.78, 5) is 11.8. The summed E-state index contributed by atoms with van der Waals surface area (Å²) in [7, 11) is -3.90. The molecule has 35 heavy (non-hydrogen) atoms. The standard InChI is InChI=1S/C24H21Cl2N3O4S2/c25-14-7-5-13(6-8-14)24-17-12-21(34-20-4-2-1-3-19(20)29(30)31)23(26)22(17)16-11-15(35(27,32)33)9-10-18(16)28-24/h1-11,17,21-24,28H,12H2,(H2,27,32,33)/t17-,21-,22+,23-,24+/m1/s1. The summed E-state index contributed by atoms with van der Waals surface area (Å²) < 4.78 is 24.1. The number of alkyl halides is 1. The van der Waals surface area contributed by atoms with Crippen molar-refractivity contribution in [2.75, 3.05) is 5.32 Å². The van der Waals surface area contributed by atoms with Gasteiger partial charge in [0.05, 0.1) is 26.1 Å². The zero-order chi connectivity index (χ0) is 24.9. The van der Waals surface area contributed by atoms with Crippen LogP contribution in [0.1, 0.15) is 29.5 Å². The lowest BCUT2D eigenvalue weighted by Crippen LogP contribution is -2.31. The first-order valence-corrected chi connectivity index (χ1v) is 14.1. The molecule has 5 rings (SSSR count). The van der Waals surface area contributed by atoms with Gasteiger partial charge in [0.2, 0.25) is 10.0 Å². The molecule has 0 radical (unpaired) electrons. The van der Waals surface area contributed by atoms with Crippen molar-refractivity contribution >= 4 is 56.4 Å². The van der Waals surface area contributed by atoms with Crippen molar-refractivity contribution in [1.29, 1.82) is 0 Å². The van der Waals surface area contributed by atoms with E-state index in [9.17, 15) is 18.5 Å². The van der Waals surface area contributed by atoms with Crippen LogP contribution in [0.15, 0.2) is 76.5 Å². The molecule has 3 aromatic rings. The van der Waals surface area contributed by atoms with Gasteiger partial charge < -0.3 is 5.32 Å². The highest BCUT2D eigenvalue weighted by Crippen LogP contribution is 2.58. The average Bonchev–Trinajstić information content (AvgIpc) is 3.14. The minimum absolute atomic E-state index is 0.0159. The lowest BCUT2D eigenvalue weighted by Gasteiger charge is -2.38. The lowest BCUT2D eigenvalue weighted by atomic mass is 9.77. The number of anilines is 1. The summed E-state index contributed by atoms with van der Waals surface area (Å²) in [5, 5.41) is 20.6. The van der Waals surface area contributed by atoms with Gasteiger partial charge in [-0.2, -0.15) is 0 Å². The van der Waals surface area contributed by atoms with Crippen LogP contribution in [0.4, 0.5) is 11.4 Å². The van der Waals surface area contributed by atoms with E-state index in [1.165, 1.54) is 23.9 Å². The lowest BCUT2D eigenvalue weighted by molar-refractivity contribution is -0.387. The molecule has 11 heteroatoms. The van der Waals surface area contributed by atoms with E-state index in [1.54, 1.807) is 30.3 Å². The number of thioether (sulfide) groups is 1. The molecule has 7 nitrogen and oxygen atoms in total. The van der Waals surface area contributed by atoms with Crippen LogP contribution < -0.4 is 10.5 Å². The number of benzene rings is 3. The predicted molar refractivity (Wildman–Crippen MR) is 139 cm³/mol. The number of nitrogens with two attached hydrogens (primary N) is 1. The summed E-state index contributed by atoms with van der Waals surface area (Å²) >= 11 is 14.6. The Morgan fingerprint density at radius 1 is 1.09 bits per heavy atom. The number of fused-ring (bicyclic) bond motifs is 3. The highest BCUT2D eigenvalue weighted by molar-refractivity contribution is 8.00. The van der Waals surface area contributed by atoms with E-state index in [0.29, 0.717) is 16.3 Å². The van der Waals surface area contributed by atoms with Crippen LogP contribution in [0, 0.1) is 16.0 Å². The summed E-state index contributed by atoms with van der Waals surface area (Å²) in [5.41, 5.74) is 2.66. The first-order valence-electron chi connectivity index (χ1n) is 10.9. The third-order valence-electron chi connectivity index (χ3n) is 6.68. The molecule has 1 aliphatic heterocycles. The van der Waals surface area contributed by atoms with Crippen molar-refractivity contribution in [1.82, 2.24) is 0 Å². The van der Waals surface area contributed by atoms with Gasteiger partial charge in [0.25, 0.3) is 5.69 Å². The fourth-order valence-electron chi connectivity index (χ4n) is 5.14. The van der Waals surface area contributed by atoms with Crippen molar-refractivity contribution in [3.8, 4) is 0 Å². The minimum Gasteiger partial charge on any atom is -0.378 e. The van der Waals surface area contributed by atoms with Crippen molar-refractivity contribution in [2.24, 2.45) is 11.1 Å². The van der Waals surface area contributed by atoms with Crippen LogP contribution in [0.2, 0.25) is 5.02 Å². The topological polar surface area (TPSA) is 115 Å². The molecule has 0 saturated heterocycles. The number of sulfonamides is 1. The predicted octanol–water partition coefficient (Wildman–Crippen LogP) is 5.93. The van der Waals surface area contributed by atoms with E-state index in [4.69, 9.17) is 28.3 Å². The molecule has 1 heterocycles. The van der Waals surface area contributed by atoms with Crippen LogP contribution in [0.3, 0.4) is 0 Å². The normalized spacial score (nSPS) is 25.4. The molecule has 5 atom stereocenters. The molecule has 0 bridgehead atoms. The van der Waals surface area contributed by atoms with Crippen molar-refractivity contribution in [2.45, 2.75) is 38.8 Å². The summed E-state index contributed by atoms with van der Waals surface area (Å²) in [5.74, 6) is -0.169. The second-order valence-corrected chi connectivity index (χ2v) is 12.5. The number of nitrogens with one attached hydrogen (secondary N) is 1. The number of hydrogen-bond donors (Lipinski definition) is 2. The first-order chi connectivity index (χ1) is 16.6. The average molecular weight is 550 g/mol. The van der Waals surface area contributed by atoms with Gasteiger partial charge in [-0.3, -0.25) is 10.1 Å². The maximum Gasteiger partial charge on any atom is 0.282 e. The summed E-state index contributed by atoms with van der Waals surface area (Å²) in [6.45, 7) is 0. The van der Waals surface area contributed by atoms with Crippen molar-refractivity contribution in [3.63, 3.8) is 0 Å². The monoisotopic (exact) mass is 549 g/mol. The second kappa shape index (κ2) is 9.29. The highest BCUT2D eigenvalue weighted by atomic mass is 35.5. The highest BCUT2D eigenvalue weighted by Gasteiger charge is 2.50. The van der Waals surface area contributed by atoms with Crippen molar-refractivity contribution < 1.29 is 13.3 Å². The fourth-order valence-corrected chi connectivity index (χ4v) is 7.76. The third-order valence-corrected chi connectivity index (χ3v) is 9.96. The zero-order valence-corrected chi connectivity index (χ0v) is 21.3.